The van der Waals surface area contributed by atoms with E-state index in [2.05, 4.69) is 15.9 Å². The molecular formula is C16H7BrO2. The number of rotatable bonds is 0. The van der Waals surface area contributed by atoms with Gasteiger partial charge in [0.25, 0.3) is 0 Å². The van der Waals surface area contributed by atoms with Crippen molar-refractivity contribution in [2.24, 2.45) is 0 Å². The van der Waals surface area contributed by atoms with Crippen LogP contribution in [0, 0.1) is 0 Å². The highest BCUT2D eigenvalue weighted by Gasteiger charge is 2.31. The zero-order chi connectivity index (χ0) is 13.1. The van der Waals surface area contributed by atoms with Crippen molar-refractivity contribution in [2.75, 3.05) is 0 Å². The van der Waals surface area contributed by atoms with Gasteiger partial charge in [-0.3, -0.25) is 9.59 Å². The van der Waals surface area contributed by atoms with Crippen molar-refractivity contribution in [3.63, 3.8) is 0 Å². The van der Waals surface area contributed by atoms with Crippen LogP contribution in [0.5, 0.6) is 0 Å². The summed E-state index contributed by atoms with van der Waals surface area (Å²) < 4.78 is 0.983. The van der Waals surface area contributed by atoms with Crippen LogP contribution in [0.25, 0.3) is 21.5 Å². The minimum atomic E-state index is -0.394. The maximum atomic E-state index is 12.0. The van der Waals surface area contributed by atoms with E-state index in [9.17, 15) is 9.59 Å². The Morgan fingerprint density at radius 1 is 0.789 bits per heavy atom. The fourth-order valence-electron chi connectivity index (χ4n) is 2.80. The normalized spacial score (nSPS) is 13.7. The standard InChI is InChI=1S/C16H7BrO2/c17-9-5-4-8-6-13-14-10(12(8)7-9)2-1-3-11(14)15(18)16(13)19/h1-7H. The van der Waals surface area contributed by atoms with E-state index in [0.717, 1.165) is 26.0 Å². The summed E-state index contributed by atoms with van der Waals surface area (Å²) in [6.45, 7) is 0. The maximum absolute atomic E-state index is 12.0. The van der Waals surface area contributed by atoms with Crippen molar-refractivity contribution in [1.29, 1.82) is 0 Å². The van der Waals surface area contributed by atoms with E-state index >= 15 is 0 Å². The first-order valence-corrected chi connectivity index (χ1v) is 6.70. The SMILES string of the molecule is O=C1C(=O)c2cc3ccc(Br)cc3c3cccc1c23. The van der Waals surface area contributed by atoms with E-state index in [1.54, 1.807) is 6.07 Å². The minimum absolute atomic E-state index is 0.393. The lowest BCUT2D eigenvalue weighted by Gasteiger charge is -2.06. The predicted molar refractivity (Wildman–Crippen MR) is 77.8 cm³/mol. The molecule has 0 saturated carbocycles. The van der Waals surface area contributed by atoms with Crippen LogP contribution in [0.15, 0.2) is 46.9 Å². The molecule has 0 atom stereocenters. The summed E-state index contributed by atoms with van der Waals surface area (Å²) in [4.78, 5) is 24.0. The van der Waals surface area contributed by atoms with Gasteiger partial charge in [-0.25, -0.2) is 0 Å². The molecule has 1 aliphatic rings. The third-order valence-electron chi connectivity index (χ3n) is 3.63. The Bertz CT molecular complexity index is 909. The van der Waals surface area contributed by atoms with Gasteiger partial charge in [-0.2, -0.15) is 0 Å². The molecule has 0 saturated heterocycles. The zero-order valence-electron chi connectivity index (χ0n) is 9.74. The van der Waals surface area contributed by atoms with Gasteiger partial charge in [0.05, 0.1) is 0 Å². The Kier molecular flexibility index (Phi) is 2.01. The molecule has 2 nitrogen and oxygen atoms in total. The summed E-state index contributed by atoms with van der Waals surface area (Å²) in [6, 6.07) is 13.3. The third kappa shape index (κ3) is 1.31. The molecule has 0 amide bonds. The Morgan fingerprint density at radius 3 is 2.42 bits per heavy atom. The largest absolute Gasteiger partial charge is 0.285 e. The van der Waals surface area contributed by atoms with E-state index in [-0.39, 0.29) is 0 Å². The van der Waals surface area contributed by atoms with Crippen LogP contribution in [0.2, 0.25) is 0 Å². The number of fused-ring (bicyclic) bond motifs is 2. The lowest BCUT2D eigenvalue weighted by molar-refractivity contribution is 0.0825. The number of Topliss-reactive ketones (excluding diaryl/α,β-unsaturated/α-hetero) is 2. The second kappa shape index (κ2) is 3.52. The van der Waals surface area contributed by atoms with Crippen molar-refractivity contribution < 1.29 is 9.59 Å². The second-order valence-corrected chi connectivity index (χ2v) is 5.59. The van der Waals surface area contributed by atoms with Crippen molar-refractivity contribution in [3.05, 3.63) is 58.1 Å². The van der Waals surface area contributed by atoms with E-state index in [1.165, 1.54) is 0 Å². The van der Waals surface area contributed by atoms with Gasteiger partial charge in [0.1, 0.15) is 0 Å². The Hall–Kier alpha value is -2.00. The van der Waals surface area contributed by atoms with E-state index < -0.39 is 11.6 Å². The number of benzene rings is 3. The fourth-order valence-corrected chi connectivity index (χ4v) is 3.16. The van der Waals surface area contributed by atoms with Crippen LogP contribution < -0.4 is 0 Å². The van der Waals surface area contributed by atoms with Gasteiger partial charge in [0.2, 0.25) is 11.6 Å². The molecule has 0 heterocycles. The monoisotopic (exact) mass is 310 g/mol. The summed E-state index contributed by atoms with van der Waals surface area (Å²) in [7, 11) is 0. The molecule has 1 aliphatic carbocycles. The third-order valence-corrected chi connectivity index (χ3v) is 4.13. The zero-order valence-corrected chi connectivity index (χ0v) is 11.3. The van der Waals surface area contributed by atoms with Crippen LogP contribution in [-0.2, 0) is 0 Å². The quantitative estimate of drug-likeness (QED) is 0.462. The molecule has 0 spiro atoms. The highest BCUT2D eigenvalue weighted by Crippen LogP contribution is 2.36. The molecular weight excluding hydrogens is 304 g/mol. The van der Waals surface area contributed by atoms with Crippen molar-refractivity contribution in [2.45, 2.75) is 0 Å². The van der Waals surface area contributed by atoms with Crippen molar-refractivity contribution in [3.8, 4) is 0 Å². The molecule has 90 valence electrons. The van der Waals surface area contributed by atoms with Crippen LogP contribution in [0.4, 0.5) is 0 Å². The first kappa shape index (κ1) is 10.9. The molecule has 0 aromatic heterocycles. The number of ketones is 2. The fraction of sp³-hybridized carbons (Fsp3) is 0. The summed E-state index contributed by atoms with van der Waals surface area (Å²) in [5, 5.41) is 3.79. The maximum Gasteiger partial charge on any atom is 0.234 e. The minimum Gasteiger partial charge on any atom is -0.285 e. The molecule has 3 heteroatoms. The first-order chi connectivity index (χ1) is 9.16. The lowest BCUT2D eigenvalue weighted by Crippen LogP contribution is -2.05. The molecule has 0 N–H and O–H groups in total. The van der Waals surface area contributed by atoms with Gasteiger partial charge in [0, 0.05) is 21.0 Å². The van der Waals surface area contributed by atoms with Gasteiger partial charge >= 0.3 is 0 Å². The molecule has 3 aromatic carbocycles. The number of hydrogen-bond acceptors (Lipinski definition) is 2. The Balaban J connectivity index is 2.34. The summed E-state index contributed by atoms with van der Waals surface area (Å²) >= 11 is 3.46. The molecule has 0 fully saturated rings. The van der Waals surface area contributed by atoms with E-state index in [1.807, 2.05) is 36.4 Å². The summed E-state index contributed by atoms with van der Waals surface area (Å²) in [6.07, 6.45) is 0. The topological polar surface area (TPSA) is 34.1 Å². The predicted octanol–water partition coefficient (Wildman–Crippen LogP) is 4.13. The van der Waals surface area contributed by atoms with Crippen LogP contribution >= 0.6 is 15.9 Å². The number of carbonyl (C=O) groups is 2. The molecule has 0 radical (unpaired) electrons. The van der Waals surface area contributed by atoms with Gasteiger partial charge < -0.3 is 0 Å². The van der Waals surface area contributed by atoms with Crippen LogP contribution in [0.3, 0.4) is 0 Å². The average Bonchev–Trinajstić information content (AvgIpc) is 2.67. The van der Waals surface area contributed by atoms with E-state index in [0.29, 0.717) is 11.1 Å². The first-order valence-electron chi connectivity index (χ1n) is 5.91. The van der Waals surface area contributed by atoms with Gasteiger partial charge in [-0.05, 0) is 34.4 Å². The molecule has 3 aromatic rings. The van der Waals surface area contributed by atoms with Gasteiger partial charge in [-0.15, -0.1) is 0 Å². The average molecular weight is 311 g/mol. The van der Waals surface area contributed by atoms with E-state index in [4.69, 9.17) is 0 Å². The molecule has 4 rings (SSSR count). The molecule has 0 unspecified atom stereocenters. The smallest absolute Gasteiger partial charge is 0.234 e. The van der Waals surface area contributed by atoms with Crippen molar-refractivity contribution >= 4 is 49.0 Å². The van der Waals surface area contributed by atoms with Crippen LogP contribution in [-0.4, -0.2) is 11.6 Å². The van der Waals surface area contributed by atoms with Crippen molar-refractivity contribution in [1.82, 2.24) is 0 Å². The van der Waals surface area contributed by atoms with Gasteiger partial charge in [0.15, 0.2) is 0 Å². The summed E-state index contributed by atoms with van der Waals surface area (Å²) in [5.41, 5.74) is 1.06. The van der Waals surface area contributed by atoms with Crippen LogP contribution in [0.1, 0.15) is 20.7 Å². The number of carbonyl (C=O) groups excluding carboxylic acids is 2. The Labute approximate surface area is 117 Å². The summed E-state index contributed by atoms with van der Waals surface area (Å²) in [5.74, 6) is -0.786. The number of halogens is 1. The molecule has 19 heavy (non-hydrogen) atoms. The highest BCUT2D eigenvalue weighted by atomic mass is 79.9. The molecule has 0 bridgehead atoms. The number of hydrogen-bond donors (Lipinski definition) is 0. The molecule has 0 aliphatic heterocycles. The lowest BCUT2D eigenvalue weighted by atomic mass is 9.98. The van der Waals surface area contributed by atoms with Gasteiger partial charge in [-0.1, -0.05) is 40.2 Å². The Morgan fingerprint density at radius 2 is 1.58 bits per heavy atom. The highest BCUT2D eigenvalue weighted by molar-refractivity contribution is 9.10. The second-order valence-electron chi connectivity index (χ2n) is 4.68.